The maximum absolute atomic E-state index is 12.9. The summed E-state index contributed by atoms with van der Waals surface area (Å²) in [4.78, 5) is 33.2. The van der Waals surface area contributed by atoms with Gasteiger partial charge in [0.25, 0.3) is 5.91 Å². The Morgan fingerprint density at radius 3 is 2.59 bits per heavy atom. The first-order valence-electron chi connectivity index (χ1n) is 8.75. The molecule has 0 spiro atoms. The van der Waals surface area contributed by atoms with Gasteiger partial charge in [-0.15, -0.1) is 0 Å². The van der Waals surface area contributed by atoms with E-state index in [0.717, 1.165) is 27.0 Å². The third-order valence-corrected chi connectivity index (χ3v) is 5.63. The van der Waals surface area contributed by atoms with Gasteiger partial charge in [-0.05, 0) is 43.7 Å². The fourth-order valence-electron chi connectivity index (χ4n) is 3.36. The van der Waals surface area contributed by atoms with Crippen LogP contribution in [0.25, 0.3) is 10.2 Å². The monoisotopic (exact) mass is 380 g/mol. The molecule has 0 saturated carbocycles. The SMILES string of the molecule is Cc1ccc(N2CCN(C(=O)c3cc(C)c4nc(N)sc4c3)CC2=O)cc1. The van der Waals surface area contributed by atoms with Crippen molar-refractivity contribution in [3.8, 4) is 0 Å². The van der Waals surface area contributed by atoms with Crippen molar-refractivity contribution in [2.45, 2.75) is 13.8 Å². The van der Waals surface area contributed by atoms with Crippen molar-refractivity contribution in [3.63, 3.8) is 0 Å². The topological polar surface area (TPSA) is 79.5 Å². The number of nitrogens with zero attached hydrogens (tertiary/aromatic N) is 3. The number of anilines is 2. The van der Waals surface area contributed by atoms with Gasteiger partial charge in [0.2, 0.25) is 5.91 Å². The predicted octanol–water partition coefficient (Wildman–Crippen LogP) is 2.98. The maximum atomic E-state index is 12.9. The van der Waals surface area contributed by atoms with E-state index in [2.05, 4.69) is 4.98 Å². The number of rotatable bonds is 2. The molecule has 1 fully saturated rings. The molecule has 2 amide bonds. The van der Waals surface area contributed by atoms with Crippen LogP contribution in [0, 0.1) is 13.8 Å². The molecule has 0 atom stereocenters. The second-order valence-electron chi connectivity index (χ2n) is 6.80. The number of nitrogens with two attached hydrogens (primary N) is 1. The van der Waals surface area contributed by atoms with E-state index in [1.807, 2.05) is 50.2 Å². The lowest BCUT2D eigenvalue weighted by molar-refractivity contribution is -0.120. The lowest BCUT2D eigenvalue weighted by Gasteiger charge is -2.34. The molecule has 0 bridgehead atoms. The predicted molar refractivity (Wildman–Crippen MR) is 108 cm³/mol. The molecule has 0 aliphatic carbocycles. The van der Waals surface area contributed by atoms with Crippen molar-refractivity contribution in [2.75, 3.05) is 30.3 Å². The van der Waals surface area contributed by atoms with Crippen molar-refractivity contribution in [1.82, 2.24) is 9.88 Å². The Labute approximate surface area is 161 Å². The van der Waals surface area contributed by atoms with Gasteiger partial charge >= 0.3 is 0 Å². The van der Waals surface area contributed by atoms with Gasteiger partial charge in [0.05, 0.1) is 10.2 Å². The average Bonchev–Trinajstić information content (AvgIpc) is 3.03. The third kappa shape index (κ3) is 3.26. The summed E-state index contributed by atoms with van der Waals surface area (Å²) >= 11 is 1.36. The van der Waals surface area contributed by atoms with Crippen molar-refractivity contribution >= 4 is 44.2 Å². The Hall–Kier alpha value is -2.93. The highest BCUT2D eigenvalue weighted by molar-refractivity contribution is 7.22. The minimum absolute atomic E-state index is 0.0710. The number of benzene rings is 2. The Kier molecular flexibility index (Phi) is 4.31. The quantitative estimate of drug-likeness (QED) is 0.741. The summed E-state index contributed by atoms with van der Waals surface area (Å²) in [5, 5.41) is 0.486. The number of aromatic nitrogens is 1. The Bertz CT molecular complexity index is 1040. The fourth-order valence-corrected chi connectivity index (χ4v) is 4.22. The molecule has 0 radical (unpaired) electrons. The van der Waals surface area contributed by atoms with Crippen molar-refractivity contribution in [1.29, 1.82) is 0 Å². The Balaban J connectivity index is 1.54. The van der Waals surface area contributed by atoms with E-state index < -0.39 is 0 Å². The second-order valence-corrected chi connectivity index (χ2v) is 7.86. The van der Waals surface area contributed by atoms with E-state index in [1.165, 1.54) is 11.3 Å². The summed E-state index contributed by atoms with van der Waals surface area (Å²) in [6.45, 7) is 4.99. The van der Waals surface area contributed by atoms with Crippen LogP contribution in [0.2, 0.25) is 0 Å². The van der Waals surface area contributed by atoms with Crippen LogP contribution in [-0.4, -0.2) is 41.3 Å². The molecular formula is C20H20N4O2S. The molecule has 6 nitrogen and oxygen atoms in total. The summed E-state index contributed by atoms with van der Waals surface area (Å²) in [7, 11) is 0. The highest BCUT2D eigenvalue weighted by Gasteiger charge is 2.29. The molecule has 1 saturated heterocycles. The maximum Gasteiger partial charge on any atom is 0.254 e. The summed E-state index contributed by atoms with van der Waals surface area (Å²) in [5.41, 5.74) is 10.1. The number of hydrogen-bond donors (Lipinski definition) is 1. The lowest BCUT2D eigenvalue weighted by Crippen LogP contribution is -2.52. The smallest absolute Gasteiger partial charge is 0.254 e. The zero-order chi connectivity index (χ0) is 19.1. The number of carbonyl (C=O) groups excluding carboxylic acids is 2. The minimum atomic E-state index is -0.135. The van der Waals surface area contributed by atoms with E-state index in [0.29, 0.717) is 23.8 Å². The summed E-state index contributed by atoms with van der Waals surface area (Å²) in [6.07, 6.45) is 0. The molecule has 2 heterocycles. The van der Waals surface area contributed by atoms with Crippen molar-refractivity contribution in [3.05, 3.63) is 53.1 Å². The van der Waals surface area contributed by atoms with Crippen LogP contribution in [0.5, 0.6) is 0 Å². The van der Waals surface area contributed by atoms with Gasteiger partial charge < -0.3 is 15.5 Å². The summed E-state index contributed by atoms with van der Waals surface area (Å²) < 4.78 is 0.889. The highest BCUT2D eigenvalue weighted by atomic mass is 32.1. The zero-order valence-corrected chi connectivity index (χ0v) is 16.0. The first kappa shape index (κ1) is 17.5. The lowest BCUT2D eigenvalue weighted by atomic mass is 10.1. The van der Waals surface area contributed by atoms with Crippen molar-refractivity contribution in [2.24, 2.45) is 0 Å². The molecule has 1 aromatic heterocycles. The van der Waals surface area contributed by atoms with Crippen LogP contribution >= 0.6 is 11.3 Å². The minimum Gasteiger partial charge on any atom is -0.375 e. The van der Waals surface area contributed by atoms with E-state index in [1.54, 1.807) is 9.80 Å². The van der Waals surface area contributed by atoms with Gasteiger partial charge in [0, 0.05) is 24.3 Å². The highest BCUT2D eigenvalue weighted by Crippen LogP contribution is 2.28. The van der Waals surface area contributed by atoms with Crippen LogP contribution in [0.3, 0.4) is 0 Å². The van der Waals surface area contributed by atoms with Crippen LogP contribution in [0.1, 0.15) is 21.5 Å². The van der Waals surface area contributed by atoms with Gasteiger partial charge in [0.1, 0.15) is 6.54 Å². The first-order chi connectivity index (χ1) is 12.9. The summed E-state index contributed by atoms with van der Waals surface area (Å²) in [5.74, 6) is -0.206. The molecule has 1 aliphatic rings. The molecular weight excluding hydrogens is 360 g/mol. The van der Waals surface area contributed by atoms with E-state index in [-0.39, 0.29) is 18.4 Å². The first-order valence-corrected chi connectivity index (χ1v) is 9.57. The number of hydrogen-bond acceptors (Lipinski definition) is 5. The normalized spacial score (nSPS) is 14.8. The molecule has 2 aromatic carbocycles. The van der Waals surface area contributed by atoms with Gasteiger partial charge in [-0.1, -0.05) is 29.0 Å². The zero-order valence-electron chi connectivity index (χ0n) is 15.2. The molecule has 2 N–H and O–H groups in total. The van der Waals surface area contributed by atoms with Gasteiger partial charge in [-0.2, -0.15) is 0 Å². The molecule has 138 valence electrons. The Morgan fingerprint density at radius 1 is 1.15 bits per heavy atom. The number of amides is 2. The average molecular weight is 380 g/mol. The largest absolute Gasteiger partial charge is 0.375 e. The van der Waals surface area contributed by atoms with Crippen LogP contribution < -0.4 is 10.6 Å². The number of fused-ring (bicyclic) bond motifs is 1. The molecule has 0 unspecified atom stereocenters. The molecule has 27 heavy (non-hydrogen) atoms. The summed E-state index contributed by atoms with van der Waals surface area (Å²) in [6, 6.07) is 11.5. The van der Waals surface area contributed by atoms with Gasteiger partial charge in [0.15, 0.2) is 5.13 Å². The van der Waals surface area contributed by atoms with E-state index in [9.17, 15) is 9.59 Å². The molecule has 7 heteroatoms. The van der Waals surface area contributed by atoms with Crippen LogP contribution in [0.4, 0.5) is 10.8 Å². The van der Waals surface area contributed by atoms with Crippen LogP contribution in [0.15, 0.2) is 36.4 Å². The van der Waals surface area contributed by atoms with E-state index >= 15 is 0 Å². The number of aryl methyl sites for hydroxylation is 2. The number of carbonyl (C=O) groups is 2. The standard InChI is InChI=1S/C20H20N4O2S/c1-12-3-5-15(6-4-12)24-8-7-23(11-17(24)25)19(26)14-9-13(2)18-16(10-14)27-20(21)22-18/h3-6,9-10H,7-8,11H2,1-2H3,(H2,21,22). The Morgan fingerprint density at radius 2 is 1.89 bits per heavy atom. The third-order valence-electron chi connectivity index (χ3n) is 4.80. The van der Waals surface area contributed by atoms with Gasteiger partial charge in [-0.3, -0.25) is 9.59 Å². The molecule has 1 aliphatic heterocycles. The van der Waals surface area contributed by atoms with Crippen molar-refractivity contribution < 1.29 is 9.59 Å². The molecule has 3 aromatic rings. The van der Waals surface area contributed by atoms with Gasteiger partial charge in [-0.25, -0.2) is 4.98 Å². The molecule has 4 rings (SSSR count). The number of piperazine rings is 1. The van der Waals surface area contributed by atoms with E-state index in [4.69, 9.17) is 5.73 Å². The number of thiazole rings is 1. The van der Waals surface area contributed by atoms with Crippen LogP contribution in [-0.2, 0) is 4.79 Å². The second kappa shape index (κ2) is 6.66. The fraction of sp³-hybridized carbons (Fsp3) is 0.250. The number of nitrogen functional groups attached to an aromatic ring is 1.